The van der Waals surface area contributed by atoms with E-state index in [-0.39, 0.29) is 5.91 Å². The van der Waals surface area contributed by atoms with Crippen molar-refractivity contribution in [1.82, 2.24) is 14.5 Å². The molecule has 0 radical (unpaired) electrons. The molecule has 1 aromatic heterocycles. The summed E-state index contributed by atoms with van der Waals surface area (Å²) < 4.78 is 1.74. The molecule has 1 heterocycles. The van der Waals surface area contributed by atoms with E-state index in [2.05, 4.69) is 4.98 Å². The smallest absolute Gasteiger partial charge is 0.272 e. The highest BCUT2D eigenvalue weighted by Crippen LogP contribution is 2.13. The lowest BCUT2D eigenvalue weighted by Crippen LogP contribution is -2.32. The van der Waals surface area contributed by atoms with E-state index < -0.39 is 0 Å². The third-order valence-electron chi connectivity index (χ3n) is 3.40. The van der Waals surface area contributed by atoms with Crippen LogP contribution in [0.15, 0.2) is 36.8 Å². The lowest BCUT2D eigenvalue weighted by atomic mass is 10.1. The number of imidazole rings is 1. The van der Waals surface area contributed by atoms with Crippen molar-refractivity contribution in [1.29, 1.82) is 0 Å². The third-order valence-corrected chi connectivity index (χ3v) is 3.40. The van der Waals surface area contributed by atoms with Gasteiger partial charge in [-0.15, -0.1) is 0 Å². The van der Waals surface area contributed by atoms with Crippen molar-refractivity contribution in [2.45, 2.75) is 20.0 Å². The Kier molecular flexibility index (Phi) is 4.53. The van der Waals surface area contributed by atoms with Crippen LogP contribution in [0.2, 0.25) is 0 Å². The van der Waals surface area contributed by atoms with E-state index in [9.17, 15) is 4.79 Å². The average Bonchev–Trinajstić information content (AvgIpc) is 2.90. The van der Waals surface area contributed by atoms with E-state index in [1.165, 1.54) is 0 Å². The minimum absolute atomic E-state index is 0.0145. The average molecular weight is 272 g/mol. The van der Waals surface area contributed by atoms with Crippen molar-refractivity contribution in [2.75, 3.05) is 6.54 Å². The molecule has 1 aromatic carbocycles. The van der Waals surface area contributed by atoms with E-state index in [1.807, 2.05) is 38.2 Å². The summed E-state index contributed by atoms with van der Waals surface area (Å²) in [6, 6.07) is 7.95. The van der Waals surface area contributed by atoms with Gasteiger partial charge < -0.3 is 15.2 Å². The minimum atomic E-state index is -0.0145. The topological polar surface area (TPSA) is 64.2 Å². The van der Waals surface area contributed by atoms with Crippen LogP contribution in [-0.2, 0) is 20.1 Å². The standard InChI is InChI=1S/C15H20N4O/c1-3-19(15(20)14-9-17-11-18(14)2)10-13-7-5-4-6-12(13)8-16/h4-7,9,11H,3,8,10,16H2,1-2H3. The number of aromatic nitrogens is 2. The second-order valence-corrected chi connectivity index (χ2v) is 4.68. The molecule has 5 heteroatoms. The minimum Gasteiger partial charge on any atom is -0.333 e. The summed E-state index contributed by atoms with van der Waals surface area (Å²) in [6.07, 6.45) is 3.23. The summed E-state index contributed by atoms with van der Waals surface area (Å²) in [5, 5.41) is 0. The molecule has 2 rings (SSSR count). The molecule has 0 atom stereocenters. The number of hydrogen-bond acceptors (Lipinski definition) is 3. The Morgan fingerprint density at radius 3 is 2.60 bits per heavy atom. The van der Waals surface area contributed by atoms with Gasteiger partial charge in [0.05, 0.1) is 12.5 Å². The zero-order valence-corrected chi connectivity index (χ0v) is 11.9. The van der Waals surface area contributed by atoms with Crippen molar-refractivity contribution in [3.05, 3.63) is 53.6 Å². The molecule has 106 valence electrons. The molecule has 0 aliphatic heterocycles. The van der Waals surface area contributed by atoms with Crippen LogP contribution in [0.1, 0.15) is 28.5 Å². The Balaban J connectivity index is 2.21. The molecule has 0 spiro atoms. The first-order valence-electron chi connectivity index (χ1n) is 6.69. The van der Waals surface area contributed by atoms with Gasteiger partial charge in [0.2, 0.25) is 0 Å². The predicted octanol–water partition coefficient (Wildman–Crippen LogP) is 1.54. The van der Waals surface area contributed by atoms with Crippen LogP contribution in [0.5, 0.6) is 0 Å². The molecule has 0 fully saturated rings. The molecule has 0 saturated carbocycles. The highest BCUT2D eigenvalue weighted by atomic mass is 16.2. The molecular weight excluding hydrogens is 252 g/mol. The number of carbonyl (C=O) groups excluding carboxylic acids is 1. The molecule has 2 aromatic rings. The summed E-state index contributed by atoms with van der Waals surface area (Å²) in [5.74, 6) is -0.0145. The van der Waals surface area contributed by atoms with Crippen LogP contribution >= 0.6 is 0 Å². The molecule has 0 saturated heterocycles. The van der Waals surface area contributed by atoms with Crippen LogP contribution in [0.4, 0.5) is 0 Å². The van der Waals surface area contributed by atoms with Gasteiger partial charge in [-0.05, 0) is 18.1 Å². The van der Waals surface area contributed by atoms with Crippen LogP contribution in [-0.4, -0.2) is 26.9 Å². The number of nitrogens with two attached hydrogens (primary N) is 1. The summed E-state index contributed by atoms with van der Waals surface area (Å²) in [6.45, 7) is 3.66. The first-order valence-corrected chi connectivity index (χ1v) is 6.69. The molecule has 2 N–H and O–H groups in total. The number of carbonyl (C=O) groups is 1. The Morgan fingerprint density at radius 2 is 2.05 bits per heavy atom. The molecule has 5 nitrogen and oxygen atoms in total. The molecule has 0 aliphatic carbocycles. The highest BCUT2D eigenvalue weighted by Gasteiger charge is 2.18. The maximum absolute atomic E-state index is 12.5. The quantitative estimate of drug-likeness (QED) is 0.898. The van der Waals surface area contributed by atoms with Crippen LogP contribution in [0, 0.1) is 0 Å². The zero-order valence-electron chi connectivity index (χ0n) is 11.9. The van der Waals surface area contributed by atoms with Crippen molar-refractivity contribution in [2.24, 2.45) is 12.8 Å². The van der Waals surface area contributed by atoms with Crippen molar-refractivity contribution in [3.8, 4) is 0 Å². The van der Waals surface area contributed by atoms with Gasteiger partial charge >= 0.3 is 0 Å². The first-order chi connectivity index (χ1) is 9.67. The van der Waals surface area contributed by atoms with E-state index in [4.69, 9.17) is 5.73 Å². The second kappa shape index (κ2) is 6.34. The number of hydrogen-bond donors (Lipinski definition) is 1. The molecule has 0 aliphatic rings. The van der Waals surface area contributed by atoms with Gasteiger partial charge in [-0.1, -0.05) is 24.3 Å². The summed E-state index contributed by atoms with van der Waals surface area (Å²) in [5.41, 5.74) is 8.50. The van der Waals surface area contributed by atoms with Gasteiger partial charge in [0.15, 0.2) is 0 Å². The Labute approximate surface area is 119 Å². The molecule has 1 amide bonds. The maximum atomic E-state index is 12.5. The highest BCUT2D eigenvalue weighted by molar-refractivity contribution is 5.92. The predicted molar refractivity (Wildman–Crippen MR) is 78.0 cm³/mol. The molecule has 0 bridgehead atoms. The number of amides is 1. The van der Waals surface area contributed by atoms with E-state index in [1.54, 1.807) is 22.0 Å². The van der Waals surface area contributed by atoms with Gasteiger partial charge in [-0.25, -0.2) is 4.98 Å². The summed E-state index contributed by atoms with van der Waals surface area (Å²) in [4.78, 5) is 18.3. The Morgan fingerprint density at radius 1 is 1.35 bits per heavy atom. The van der Waals surface area contributed by atoms with Crippen LogP contribution in [0.25, 0.3) is 0 Å². The Hall–Kier alpha value is -2.14. The van der Waals surface area contributed by atoms with Crippen molar-refractivity contribution < 1.29 is 4.79 Å². The normalized spacial score (nSPS) is 10.6. The van der Waals surface area contributed by atoms with Gasteiger partial charge in [-0.3, -0.25) is 4.79 Å². The number of nitrogens with zero attached hydrogens (tertiary/aromatic N) is 3. The second-order valence-electron chi connectivity index (χ2n) is 4.68. The largest absolute Gasteiger partial charge is 0.333 e. The monoisotopic (exact) mass is 272 g/mol. The third kappa shape index (κ3) is 2.88. The fourth-order valence-electron chi connectivity index (χ4n) is 2.17. The van der Waals surface area contributed by atoms with Crippen LogP contribution < -0.4 is 5.73 Å². The molecule has 20 heavy (non-hydrogen) atoms. The fraction of sp³-hybridized carbons (Fsp3) is 0.333. The van der Waals surface area contributed by atoms with Gasteiger partial charge in [0.1, 0.15) is 5.69 Å². The van der Waals surface area contributed by atoms with Gasteiger partial charge in [0.25, 0.3) is 5.91 Å². The number of rotatable bonds is 5. The van der Waals surface area contributed by atoms with Gasteiger partial charge in [0, 0.05) is 26.7 Å². The van der Waals surface area contributed by atoms with Crippen LogP contribution in [0.3, 0.4) is 0 Å². The van der Waals surface area contributed by atoms with Crippen molar-refractivity contribution in [3.63, 3.8) is 0 Å². The fourth-order valence-corrected chi connectivity index (χ4v) is 2.17. The summed E-state index contributed by atoms with van der Waals surface area (Å²) in [7, 11) is 1.82. The zero-order chi connectivity index (χ0) is 14.5. The molecule has 0 unspecified atom stereocenters. The lowest BCUT2D eigenvalue weighted by molar-refractivity contribution is 0.0742. The molecular formula is C15H20N4O. The number of benzene rings is 1. The van der Waals surface area contributed by atoms with E-state index in [0.29, 0.717) is 25.3 Å². The SMILES string of the molecule is CCN(Cc1ccccc1CN)C(=O)c1cncn1C. The van der Waals surface area contributed by atoms with E-state index in [0.717, 1.165) is 11.1 Å². The first kappa shape index (κ1) is 14.3. The number of aryl methyl sites for hydroxylation is 1. The lowest BCUT2D eigenvalue weighted by Gasteiger charge is -2.22. The van der Waals surface area contributed by atoms with Crippen molar-refractivity contribution >= 4 is 5.91 Å². The summed E-state index contributed by atoms with van der Waals surface area (Å²) >= 11 is 0. The Bertz CT molecular complexity index is 591. The maximum Gasteiger partial charge on any atom is 0.272 e. The van der Waals surface area contributed by atoms with E-state index >= 15 is 0 Å². The van der Waals surface area contributed by atoms with Gasteiger partial charge in [-0.2, -0.15) is 0 Å².